The Bertz CT molecular complexity index is 970. The summed E-state index contributed by atoms with van der Waals surface area (Å²) in [4.78, 5) is 19.2. The van der Waals surface area contributed by atoms with Gasteiger partial charge in [0.2, 0.25) is 5.89 Å². The summed E-state index contributed by atoms with van der Waals surface area (Å²) in [6.07, 6.45) is 5.19. The molecule has 1 aliphatic rings. The van der Waals surface area contributed by atoms with Crippen LogP contribution in [0.1, 0.15) is 42.5 Å². The van der Waals surface area contributed by atoms with E-state index in [1.165, 1.54) is 0 Å². The molecule has 1 aliphatic heterocycles. The number of hydrogen-bond acceptors (Lipinski definition) is 5. The summed E-state index contributed by atoms with van der Waals surface area (Å²) in [6.45, 7) is 0.696. The molecule has 2 aromatic carbocycles. The van der Waals surface area contributed by atoms with E-state index in [2.05, 4.69) is 4.98 Å². The van der Waals surface area contributed by atoms with Crippen LogP contribution in [0, 0.1) is 0 Å². The number of para-hydroxylation sites is 2. The number of piperidine rings is 1. The van der Waals surface area contributed by atoms with Crippen molar-refractivity contribution in [2.75, 3.05) is 20.3 Å². The Labute approximate surface area is 176 Å². The number of ether oxygens (including phenoxy) is 2. The fourth-order valence-electron chi connectivity index (χ4n) is 3.83. The molecule has 1 saturated heterocycles. The SMILES string of the molecule is COc1ccccc1Cc1cnc([C@H]2CCCCN2C(=O)COc2ccccc2)o1. The third-order valence-corrected chi connectivity index (χ3v) is 5.34. The maximum atomic E-state index is 12.9. The highest BCUT2D eigenvalue weighted by Crippen LogP contribution is 2.31. The molecule has 1 fully saturated rings. The number of amides is 1. The lowest BCUT2D eigenvalue weighted by atomic mass is 10.0. The minimum absolute atomic E-state index is 0.00922. The summed E-state index contributed by atoms with van der Waals surface area (Å²) in [5, 5.41) is 0. The Balaban J connectivity index is 1.44. The van der Waals surface area contributed by atoms with Crippen molar-refractivity contribution in [3.8, 4) is 11.5 Å². The number of nitrogens with zero attached hydrogens (tertiary/aromatic N) is 2. The van der Waals surface area contributed by atoms with Gasteiger partial charge in [-0.1, -0.05) is 36.4 Å². The van der Waals surface area contributed by atoms with Crippen LogP contribution in [0.4, 0.5) is 0 Å². The van der Waals surface area contributed by atoms with Gasteiger partial charge < -0.3 is 18.8 Å². The van der Waals surface area contributed by atoms with Gasteiger partial charge in [-0.25, -0.2) is 4.98 Å². The molecular weight excluding hydrogens is 380 g/mol. The van der Waals surface area contributed by atoms with Crippen molar-refractivity contribution in [1.82, 2.24) is 9.88 Å². The zero-order valence-corrected chi connectivity index (χ0v) is 17.1. The van der Waals surface area contributed by atoms with Gasteiger partial charge in [0.25, 0.3) is 5.91 Å². The Hall–Kier alpha value is -3.28. The molecular formula is C24H26N2O4. The normalized spacial score (nSPS) is 16.3. The molecule has 6 heteroatoms. The summed E-state index contributed by atoms with van der Waals surface area (Å²) in [7, 11) is 1.66. The van der Waals surface area contributed by atoms with E-state index >= 15 is 0 Å². The number of benzene rings is 2. The molecule has 0 N–H and O–H groups in total. The fraction of sp³-hybridized carbons (Fsp3) is 0.333. The van der Waals surface area contributed by atoms with E-state index in [9.17, 15) is 4.79 Å². The van der Waals surface area contributed by atoms with Crippen molar-refractivity contribution in [2.24, 2.45) is 0 Å². The molecule has 1 atom stereocenters. The van der Waals surface area contributed by atoms with Gasteiger partial charge >= 0.3 is 0 Å². The largest absolute Gasteiger partial charge is 0.496 e. The zero-order chi connectivity index (χ0) is 20.8. The van der Waals surface area contributed by atoms with E-state index in [-0.39, 0.29) is 18.6 Å². The Morgan fingerprint density at radius 1 is 1.13 bits per heavy atom. The van der Waals surface area contributed by atoms with Crippen molar-refractivity contribution >= 4 is 5.91 Å². The molecule has 0 spiro atoms. The van der Waals surface area contributed by atoms with Crippen molar-refractivity contribution in [3.05, 3.63) is 78.0 Å². The standard InChI is InChI=1S/C24H26N2O4/c1-28-22-13-6-5-9-18(22)15-20-16-25-24(30-20)21-12-7-8-14-26(21)23(27)17-29-19-10-3-2-4-11-19/h2-6,9-11,13,16,21H,7-8,12,14-15,17H2,1H3/t21-/m1/s1. The summed E-state index contributed by atoms with van der Waals surface area (Å²) in [5.74, 6) is 2.81. The van der Waals surface area contributed by atoms with E-state index in [1.54, 1.807) is 13.3 Å². The van der Waals surface area contributed by atoms with E-state index in [1.807, 2.05) is 59.5 Å². The van der Waals surface area contributed by atoms with Crippen molar-refractivity contribution < 1.29 is 18.7 Å². The zero-order valence-electron chi connectivity index (χ0n) is 17.1. The topological polar surface area (TPSA) is 64.8 Å². The first-order valence-electron chi connectivity index (χ1n) is 10.3. The maximum absolute atomic E-state index is 12.9. The van der Waals surface area contributed by atoms with Crippen LogP contribution < -0.4 is 9.47 Å². The lowest BCUT2D eigenvalue weighted by Crippen LogP contribution is -2.41. The van der Waals surface area contributed by atoms with Crippen molar-refractivity contribution in [2.45, 2.75) is 31.7 Å². The highest BCUT2D eigenvalue weighted by molar-refractivity contribution is 5.78. The molecule has 2 heterocycles. The van der Waals surface area contributed by atoms with Crippen LogP contribution in [0.5, 0.6) is 11.5 Å². The molecule has 0 radical (unpaired) electrons. The predicted molar refractivity (Wildman–Crippen MR) is 113 cm³/mol. The predicted octanol–water partition coefficient (Wildman–Crippen LogP) is 4.41. The first-order chi connectivity index (χ1) is 14.7. The minimum Gasteiger partial charge on any atom is -0.496 e. The lowest BCUT2D eigenvalue weighted by Gasteiger charge is -2.33. The second-order valence-electron chi connectivity index (χ2n) is 7.35. The smallest absolute Gasteiger partial charge is 0.261 e. The van der Waals surface area contributed by atoms with Gasteiger partial charge in [0.05, 0.1) is 13.3 Å². The van der Waals surface area contributed by atoms with E-state index < -0.39 is 0 Å². The number of carbonyl (C=O) groups is 1. The molecule has 30 heavy (non-hydrogen) atoms. The third-order valence-electron chi connectivity index (χ3n) is 5.34. The molecule has 3 aromatic rings. The summed E-state index contributed by atoms with van der Waals surface area (Å²) in [6, 6.07) is 17.1. The first kappa shape index (κ1) is 20.0. The van der Waals surface area contributed by atoms with E-state index in [4.69, 9.17) is 13.9 Å². The van der Waals surface area contributed by atoms with Crippen LogP contribution in [0.25, 0.3) is 0 Å². The highest BCUT2D eigenvalue weighted by Gasteiger charge is 2.31. The van der Waals surface area contributed by atoms with Crippen LogP contribution >= 0.6 is 0 Å². The van der Waals surface area contributed by atoms with Gasteiger partial charge in [-0.2, -0.15) is 0 Å². The number of carbonyl (C=O) groups excluding carboxylic acids is 1. The average Bonchev–Trinajstić information content (AvgIpc) is 3.27. The number of aromatic nitrogens is 1. The molecule has 0 saturated carbocycles. The number of oxazole rings is 1. The van der Waals surface area contributed by atoms with Gasteiger partial charge in [0.1, 0.15) is 23.3 Å². The van der Waals surface area contributed by atoms with Crippen LogP contribution in [-0.4, -0.2) is 36.1 Å². The monoisotopic (exact) mass is 406 g/mol. The van der Waals surface area contributed by atoms with Gasteiger partial charge in [-0.3, -0.25) is 4.79 Å². The average molecular weight is 406 g/mol. The third kappa shape index (κ3) is 4.64. The Morgan fingerprint density at radius 3 is 2.77 bits per heavy atom. The highest BCUT2D eigenvalue weighted by atomic mass is 16.5. The van der Waals surface area contributed by atoms with E-state index in [0.717, 1.165) is 36.3 Å². The molecule has 1 aromatic heterocycles. The molecule has 6 nitrogen and oxygen atoms in total. The second kappa shape index (κ2) is 9.48. The molecule has 4 rings (SSSR count). The van der Waals surface area contributed by atoms with Crippen molar-refractivity contribution in [1.29, 1.82) is 0 Å². The molecule has 1 amide bonds. The summed E-state index contributed by atoms with van der Waals surface area (Å²) < 4.78 is 17.2. The van der Waals surface area contributed by atoms with Crippen LogP contribution in [0.3, 0.4) is 0 Å². The van der Waals surface area contributed by atoms with Gasteiger partial charge in [0.15, 0.2) is 6.61 Å². The number of methoxy groups -OCH3 is 1. The molecule has 0 unspecified atom stereocenters. The van der Waals surface area contributed by atoms with Gasteiger partial charge in [-0.05, 0) is 37.5 Å². The molecule has 0 aliphatic carbocycles. The van der Waals surface area contributed by atoms with Gasteiger partial charge in [-0.15, -0.1) is 0 Å². The van der Waals surface area contributed by atoms with Crippen LogP contribution in [0.15, 0.2) is 65.2 Å². The quantitative estimate of drug-likeness (QED) is 0.582. The van der Waals surface area contributed by atoms with E-state index in [0.29, 0.717) is 24.6 Å². The Morgan fingerprint density at radius 2 is 1.93 bits per heavy atom. The molecule has 0 bridgehead atoms. The lowest BCUT2D eigenvalue weighted by molar-refractivity contribution is -0.137. The second-order valence-corrected chi connectivity index (χ2v) is 7.35. The number of rotatable bonds is 7. The van der Waals surface area contributed by atoms with Crippen LogP contribution in [0.2, 0.25) is 0 Å². The fourth-order valence-corrected chi connectivity index (χ4v) is 3.83. The van der Waals surface area contributed by atoms with Crippen LogP contribution in [-0.2, 0) is 11.2 Å². The van der Waals surface area contributed by atoms with Crippen molar-refractivity contribution in [3.63, 3.8) is 0 Å². The summed E-state index contributed by atoms with van der Waals surface area (Å²) >= 11 is 0. The van der Waals surface area contributed by atoms with Gasteiger partial charge in [0, 0.05) is 18.5 Å². The first-order valence-corrected chi connectivity index (χ1v) is 10.3. The molecule has 156 valence electrons. The summed E-state index contributed by atoms with van der Waals surface area (Å²) in [5.41, 5.74) is 1.04. The number of hydrogen-bond donors (Lipinski definition) is 0. The Kier molecular flexibility index (Phi) is 6.32. The minimum atomic E-state index is -0.156. The maximum Gasteiger partial charge on any atom is 0.261 e. The number of likely N-dealkylation sites (tertiary alicyclic amines) is 1.